The van der Waals surface area contributed by atoms with Crippen LogP contribution in [-0.4, -0.2) is 50.3 Å². The topological polar surface area (TPSA) is 77.1 Å². The second-order valence-corrected chi connectivity index (χ2v) is 7.31. The maximum atomic E-state index is 13.2. The van der Waals surface area contributed by atoms with Crippen molar-refractivity contribution in [1.29, 1.82) is 0 Å². The van der Waals surface area contributed by atoms with Gasteiger partial charge >= 0.3 is 7.60 Å². The maximum Gasteiger partial charge on any atom is 0.378 e. The van der Waals surface area contributed by atoms with E-state index in [9.17, 15) is 9.36 Å². The molecule has 1 aromatic rings. The third kappa shape index (κ3) is 5.68. The van der Waals surface area contributed by atoms with Gasteiger partial charge in [0.05, 0.1) is 26.4 Å². The van der Waals surface area contributed by atoms with E-state index < -0.39 is 7.60 Å². The van der Waals surface area contributed by atoms with Crippen molar-refractivity contribution in [3.8, 4) is 0 Å². The highest BCUT2D eigenvalue weighted by Crippen LogP contribution is 2.54. The van der Waals surface area contributed by atoms with E-state index in [-0.39, 0.29) is 24.6 Å². The van der Waals surface area contributed by atoms with Gasteiger partial charge in [-0.2, -0.15) is 0 Å². The van der Waals surface area contributed by atoms with Crippen LogP contribution in [0.5, 0.6) is 0 Å². The van der Waals surface area contributed by atoms with Crippen LogP contribution in [0.25, 0.3) is 0 Å². The summed E-state index contributed by atoms with van der Waals surface area (Å²) < 4.78 is 29.3. The minimum atomic E-state index is -3.62. The summed E-state index contributed by atoms with van der Waals surface area (Å²) in [6.45, 7) is 6.31. The zero-order chi connectivity index (χ0) is 18.1. The first kappa shape index (κ1) is 19.7. The number of nitrogens with zero attached hydrogens (tertiary/aromatic N) is 1. The average Bonchev–Trinajstić information content (AvgIpc) is 2.63. The molecule has 138 valence electrons. The molecule has 7 nitrogen and oxygen atoms in total. The predicted octanol–water partition coefficient (Wildman–Crippen LogP) is 2.81. The average molecular weight is 368 g/mol. The minimum absolute atomic E-state index is 0.145. The van der Waals surface area contributed by atoms with Crippen LogP contribution < -0.4 is 5.32 Å². The first-order chi connectivity index (χ1) is 12.1. The van der Waals surface area contributed by atoms with E-state index in [2.05, 4.69) is 5.32 Å². The molecule has 0 radical (unpaired) electrons. The molecule has 1 heterocycles. The lowest BCUT2D eigenvalue weighted by Crippen LogP contribution is -2.34. The van der Waals surface area contributed by atoms with Crippen LogP contribution in [-0.2, 0) is 18.3 Å². The fourth-order valence-electron chi connectivity index (χ4n) is 2.35. The quantitative estimate of drug-likeness (QED) is 0.711. The first-order valence-corrected chi connectivity index (χ1v) is 9.93. The molecule has 1 aliphatic rings. The summed E-state index contributed by atoms with van der Waals surface area (Å²) in [6.07, 6.45) is 1.65. The molecule has 1 aromatic carbocycles. The Bertz CT molecular complexity index is 619. The molecule has 0 unspecified atom stereocenters. The van der Waals surface area contributed by atoms with Gasteiger partial charge in [-0.05, 0) is 26.0 Å². The highest BCUT2D eigenvalue weighted by molar-refractivity contribution is 7.58. The molecule has 0 saturated carbocycles. The van der Waals surface area contributed by atoms with Crippen LogP contribution in [0.1, 0.15) is 24.2 Å². The highest BCUT2D eigenvalue weighted by atomic mass is 31.2. The van der Waals surface area contributed by atoms with E-state index in [0.29, 0.717) is 31.9 Å². The smallest absolute Gasteiger partial charge is 0.378 e. The van der Waals surface area contributed by atoms with E-state index >= 15 is 0 Å². The van der Waals surface area contributed by atoms with Crippen LogP contribution in [0, 0.1) is 0 Å². The van der Waals surface area contributed by atoms with Crippen molar-refractivity contribution in [2.24, 2.45) is 0 Å². The van der Waals surface area contributed by atoms with Crippen molar-refractivity contribution in [3.63, 3.8) is 0 Å². The van der Waals surface area contributed by atoms with E-state index in [1.165, 1.54) is 0 Å². The van der Waals surface area contributed by atoms with Crippen molar-refractivity contribution < 1.29 is 23.1 Å². The molecule has 0 aromatic heterocycles. The maximum absolute atomic E-state index is 13.2. The Labute approximate surface area is 148 Å². The van der Waals surface area contributed by atoms with Crippen LogP contribution >= 0.6 is 7.60 Å². The van der Waals surface area contributed by atoms with Gasteiger partial charge in [-0.15, -0.1) is 0 Å². The van der Waals surface area contributed by atoms with Gasteiger partial charge in [-0.3, -0.25) is 9.36 Å². The van der Waals surface area contributed by atoms with Crippen LogP contribution in [0.15, 0.2) is 42.0 Å². The molecule has 0 spiro atoms. The van der Waals surface area contributed by atoms with E-state index in [1.54, 1.807) is 44.3 Å². The normalized spacial score (nSPS) is 15.9. The Kier molecular flexibility index (Phi) is 7.65. The molecular weight excluding hydrogens is 343 g/mol. The van der Waals surface area contributed by atoms with Gasteiger partial charge in [0.25, 0.3) is 5.91 Å². The standard InChI is InChI=1S/C17H25N2O5P/c1-3-23-25(21,24-4-2)16(14-19-10-12-22-13-11-19)18-17(20)15-8-6-5-7-9-15/h5-9,14H,3-4,10-13H2,1-2H3,(H,18,20)/b16-14-. The summed E-state index contributed by atoms with van der Waals surface area (Å²) in [6, 6.07) is 8.74. The SMILES string of the molecule is CCOP(=O)(OCC)/C(=C\N1CCOCC1)NC(=O)c1ccccc1. The van der Waals surface area contributed by atoms with E-state index in [0.717, 1.165) is 0 Å². The molecule has 1 amide bonds. The highest BCUT2D eigenvalue weighted by Gasteiger charge is 2.32. The summed E-state index contributed by atoms with van der Waals surface area (Å²) in [5.41, 5.74) is 0.613. The second kappa shape index (κ2) is 9.73. The molecule has 1 saturated heterocycles. The number of hydrogen-bond donors (Lipinski definition) is 1. The molecule has 1 N–H and O–H groups in total. The molecule has 8 heteroatoms. The zero-order valence-electron chi connectivity index (χ0n) is 14.6. The summed E-state index contributed by atoms with van der Waals surface area (Å²) >= 11 is 0. The fourth-order valence-corrected chi connectivity index (χ4v) is 3.92. The predicted molar refractivity (Wildman–Crippen MR) is 95.2 cm³/mol. The molecule has 25 heavy (non-hydrogen) atoms. The van der Waals surface area contributed by atoms with Crippen molar-refractivity contribution in [1.82, 2.24) is 10.2 Å². The summed E-state index contributed by atoms with van der Waals surface area (Å²) in [4.78, 5) is 14.5. The third-order valence-corrected chi connectivity index (χ3v) is 5.53. The molecular formula is C17H25N2O5P. The van der Waals surface area contributed by atoms with E-state index in [4.69, 9.17) is 13.8 Å². The lowest BCUT2D eigenvalue weighted by Gasteiger charge is -2.28. The summed E-state index contributed by atoms with van der Waals surface area (Å²) in [5.74, 6) is -0.361. The molecule has 0 bridgehead atoms. The van der Waals surface area contributed by atoms with Crippen LogP contribution in [0.3, 0.4) is 0 Å². The van der Waals surface area contributed by atoms with Crippen molar-refractivity contribution in [2.75, 3.05) is 39.5 Å². The van der Waals surface area contributed by atoms with E-state index in [1.807, 2.05) is 11.0 Å². The second-order valence-electron chi connectivity index (χ2n) is 5.32. The Balaban J connectivity index is 2.28. The number of carbonyl (C=O) groups is 1. The number of carbonyl (C=O) groups excluding carboxylic acids is 1. The monoisotopic (exact) mass is 368 g/mol. The fraction of sp³-hybridized carbons (Fsp3) is 0.471. The molecule has 0 aliphatic carbocycles. The molecule has 1 fully saturated rings. The molecule has 0 atom stereocenters. The van der Waals surface area contributed by atoms with Gasteiger partial charge in [0.2, 0.25) is 0 Å². The van der Waals surface area contributed by atoms with Crippen molar-refractivity contribution in [2.45, 2.75) is 13.8 Å². The number of benzene rings is 1. The van der Waals surface area contributed by atoms with Crippen molar-refractivity contribution >= 4 is 13.5 Å². The lowest BCUT2D eigenvalue weighted by atomic mass is 10.2. The van der Waals surface area contributed by atoms with Gasteiger partial charge in [-0.25, -0.2) is 0 Å². The molecule has 2 rings (SSSR count). The number of ether oxygens (including phenoxy) is 1. The summed E-state index contributed by atoms with van der Waals surface area (Å²) in [7, 11) is -3.62. The Morgan fingerprint density at radius 3 is 2.36 bits per heavy atom. The number of amides is 1. The number of hydrogen-bond acceptors (Lipinski definition) is 6. The third-order valence-electron chi connectivity index (χ3n) is 3.52. The van der Waals surface area contributed by atoms with Crippen LogP contribution in [0.4, 0.5) is 0 Å². The largest absolute Gasteiger partial charge is 0.378 e. The summed E-state index contributed by atoms with van der Waals surface area (Å²) in [5, 5.41) is 2.72. The Morgan fingerprint density at radius 1 is 1.20 bits per heavy atom. The first-order valence-electron chi connectivity index (χ1n) is 8.38. The van der Waals surface area contributed by atoms with Crippen molar-refractivity contribution in [3.05, 3.63) is 47.5 Å². The van der Waals surface area contributed by atoms with Crippen LogP contribution in [0.2, 0.25) is 0 Å². The number of rotatable bonds is 8. The zero-order valence-corrected chi connectivity index (χ0v) is 15.5. The van der Waals surface area contributed by atoms with Gasteiger partial charge in [0, 0.05) is 24.9 Å². The van der Waals surface area contributed by atoms with Gasteiger partial charge in [0.1, 0.15) is 5.44 Å². The number of nitrogens with one attached hydrogen (secondary N) is 1. The van der Waals surface area contributed by atoms with Gasteiger partial charge in [-0.1, -0.05) is 18.2 Å². The Hall–Kier alpha value is -1.66. The van der Waals surface area contributed by atoms with Gasteiger partial charge in [0.15, 0.2) is 0 Å². The lowest BCUT2D eigenvalue weighted by molar-refractivity contribution is 0.0588. The Morgan fingerprint density at radius 2 is 1.80 bits per heavy atom. The number of morpholine rings is 1. The minimum Gasteiger partial charge on any atom is -0.378 e. The van der Waals surface area contributed by atoms with Gasteiger partial charge < -0.3 is 24.0 Å². The molecule has 1 aliphatic heterocycles.